The zero-order valence-corrected chi connectivity index (χ0v) is 11.9. The van der Waals surface area contributed by atoms with Gasteiger partial charge in [-0.2, -0.15) is 0 Å². The molecular weight excluding hydrogens is 230 g/mol. The SMILES string of the molecule is CCCC1(C(=O)O)CCN(CC(C)(O)CC)CC1. The first kappa shape index (κ1) is 15.4. The summed E-state index contributed by atoms with van der Waals surface area (Å²) in [4.78, 5) is 13.6. The lowest BCUT2D eigenvalue weighted by Crippen LogP contribution is -2.49. The van der Waals surface area contributed by atoms with Gasteiger partial charge in [-0.25, -0.2) is 0 Å². The summed E-state index contributed by atoms with van der Waals surface area (Å²) in [7, 11) is 0. The van der Waals surface area contributed by atoms with Crippen molar-refractivity contribution in [2.75, 3.05) is 19.6 Å². The second kappa shape index (κ2) is 6.02. The number of carboxylic acid groups (broad SMARTS) is 1. The first-order valence-corrected chi connectivity index (χ1v) is 7.03. The fourth-order valence-electron chi connectivity index (χ4n) is 2.78. The largest absolute Gasteiger partial charge is 0.481 e. The van der Waals surface area contributed by atoms with E-state index in [0.29, 0.717) is 19.4 Å². The van der Waals surface area contributed by atoms with Gasteiger partial charge in [0.15, 0.2) is 0 Å². The molecule has 0 aromatic carbocycles. The highest BCUT2D eigenvalue weighted by Crippen LogP contribution is 2.36. The van der Waals surface area contributed by atoms with Gasteiger partial charge in [-0.1, -0.05) is 20.3 Å². The molecule has 4 nitrogen and oxygen atoms in total. The van der Waals surface area contributed by atoms with Crippen molar-refractivity contribution in [3.8, 4) is 0 Å². The van der Waals surface area contributed by atoms with E-state index >= 15 is 0 Å². The standard InChI is InChI=1S/C14H27NO3/c1-4-6-14(12(16)17)7-9-15(10-8-14)11-13(3,18)5-2/h18H,4-11H2,1-3H3,(H,16,17). The summed E-state index contributed by atoms with van der Waals surface area (Å²) in [5, 5.41) is 19.5. The van der Waals surface area contributed by atoms with Crippen molar-refractivity contribution in [2.45, 2.75) is 58.5 Å². The fraction of sp³-hybridized carbons (Fsp3) is 0.929. The predicted molar refractivity (Wildman–Crippen MR) is 71.6 cm³/mol. The number of aliphatic hydroxyl groups is 1. The number of hydrogen-bond acceptors (Lipinski definition) is 3. The van der Waals surface area contributed by atoms with Crippen molar-refractivity contribution in [3.05, 3.63) is 0 Å². The monoisotopic (exact) mass is 257 g/mol. The molecule has 1 atom stereocenters. The molecule has 0 saturated carbocycles. The van der Waals surface area contributed by atoms with Crippen LogP contribution in [-0.4, -0.2) is 46.3 Å². The maximum absolute atomic E-state index is 11.4. The smallest absolute Gasteiger partial charge is 0.309 e. The quantitative estimate of drug-likeness (QED) is 0.765. The van der Waals surface area contributed by atoms with Gasteiger partial charge in [0.2, 0.25) is 0 Å². The molecular formula is C14H27NO3. The number of carboxylic acids is 1. The lowest BCUT2D eigenvalue weighted by atomic mass is 9.75. The van der Waals surface area contributed by atoms with E-state index in [-0.39, 0.29) is 0 Å². The molecule has 2 N–H and O–H groups in total. The lowest BCUT2D eigenvalue weighted by Gasteiger charge is -2.41. The average Bonchev–Trinajstić information content (AvgIpc) is 2.31. The Bertz CT molecular complexity index is 281. The molecule has 1 rings (SSSR count). The molecule has 0 aromatic rings. The van der Waals surface area contributed by atoms with Crippen LogP contribution in [0.2, 0.25) is 0 Å². The van der Waals surface area contributed by atoms with Gasteiger partial charge in [-0.05, 0) is 45.7 Å². The van der Waals surface area contributed by atoms with E-state index in [1.54, 1.807) is 0 Å². The Morgan fingerprint density at radius 1 is 1.33 bits per heavy atom. The minimum atomic E-state index is -0.659. The van der Waals surface area contributed by atoms with Crippen LogP contribution >= 0.6 is 0 Å². The van der Waals surface area contributed by atoms with Gasteiger partial charge in [0.05, 0.1) is 11.0 Å². The number of piperidine rings is 1. The molecule has 1 saturated heterocycles. The number of carbonyl (C=O) groups is 1. The molecule has 0 aliphatic carbocycles. The molecule has 106 valence electrons. The Balaban J connectivity index is 2.56. The average molecular weight is 257 g/mol. The Hall–Kier alpha value is -0.610. The zero-order chi connectivity index (χ0) is 13.8. The molecule has 1 fully saturated rings. The van der Waals surface area contributed by atoms with Crippen molar-refractivity contribution >= 4 is 5.97 Å². The van der Waals surface area contributed by atoms with Crippen LogP contribution in [0.1, 0.15) is 52.9 Å². The third-order valence-corrected chi connectivity index (χ3v) is 4.32. The van der Waals surface area contributed by atoms with Gasteiger partial charge in [0.25, 0.3) is 0 Å². The summed E-state index contributed by atoms with van der Waals surface area (Å²) in [5.41, 5.74) is -1.18. The second-order valence-corrected chi connectivity index (χ2v) is 5.96. The van der Waals surface area contributed by atoms with Gasteiger partial charge in [-0.15, -0.1) is 0 Å². The molecule has 0 spiro atoms. The number of aliphatic carboxylic acids is 1. The van der Waals surface area contributed by atoms with E-state index in [4.69, 9.17) is 0 Å². The summed E-state index contributed by atoms with van der Waals surface area (Å²) in [6.07, 6.45) is 3.81. The van der Waals surface area contributed by atoms with Crippen LogP contribution in [0.5, 0.6) is 0 Å². The minimum Gasteiger partial charge on any atom is -0.481 e. The molecule has 1 unspecified atom stereocenters. The Morgan fingerprint density at radius 2 is 1.89 bits per heavy atom. The third-order valence-electron chi connectivity index (χ3n) is 4.32. The van der Waals surface area contributed by atoms with Crippen LogP contribution in [0.15, 0.2) is 0 Å². The van der Waals surface area contributed by atoms with Crippen LogP contribution in [-0.2, 0) is 4.79 Å². The molecule has 0 bridgehead atoms. The molecule has 0 amide bonds. The number of rotatable bonds is 6. The van der Waals surface area contributed by atoms with Gasteiger partial charge in [-0.3, -0.25) is 4.79 Å². The predicted octanol–water partition coefficient (Wildman–Crippen LogP) is 2.11. The Labute approximate surface area is 110 Å². The highest BCUT2D eigenvalue weighted by atomic mass is 16.4. The summed E-state index contributed by atoms with van der Waals surface area (Å²) < 4.78 is 0. The van der Waals surface area contributed by atoms with Crippen molar-refractivity contribution < 1.29 is 15.0 Å². The zero-order valence-electron chi connectivity index (χ0n) is 11.9. The van der Waals surface area contributed by atoms with Crippen molar-refractivity contribution in [3.63, 3.8) is 0 Å². The van der Waals surface area contributed by atoms with Crippen molar-refractivity contribution in [1.29, 1.82) is 0 Å². The highest BCUT2D eigenvalue weighted by molar-refractivity contribution is 5.74. The fourth-order valence-corrected chi connectivity index (χ4v) is 2.78. The molecule has 1 heterocycles. The molecule has 1 aliphatic heterocycles. The Kier molecular flexibility index (Phi) is 5.17. The van der Waals surface area contributed by atoms with Gasteiger partial charge < -0.3 is 15.1 Å². The highest BCUT2D eigenvalue weighted by Gasteiger charge is 2.41. The van der Waals surface area contributed by atoms with Gasteiger partial charge >= 0.3 is 5.97 Å². The maximum Gasteiger partial charge on any atom is 0.309 e. The van der Waals surface area contributed by atoms with E-state index in [1.807, 2.05) is 20.8 Å². The molecule has 18 heavy (non-hydrogen) atoms. The minimum absolute atomic E-state index is 0.524. The maximum atomic E-state index is 11.4. The summed E-state index contributed by atoms with van der Waals surface area (Å²) in [6, 6.07) is 0. The molecule has 4 heteroatoms. The Morgan fingerprint density at radius 3 is 2.28 bits per heavy atom. The lowest BCUT2D eigenvalue weighted by molar-refractivity contribution is -0.153. The van der Waals surface area contributed by atoms with Crippen LogP contribution in [0.4, 0.5) is 0 Å². The summed E-state index contributed by atoms with van der Waals surface area (Å²) in [5.74, 6) is -0.647. The summed E-state index contributed by atoms with van der Waals surface area (Å²) in [6.45, 7) is 8.07. The first-order valence-electron chi connectivity index (χ1n) is 7.03. The van der Waals surface area contributed by atoms with E-state index < -0.39 is 17.0 Å². The van der Waals surface area contributed by atoms with Crippen LogP contribution in [0.3, 0.4) is 0 Å². The second-order valence-electron chi connectivity index (χ2n) is 5.96. The van der Waals surface area contributed by atoms with Crippen molar-refractivity contribution in [1.82, 2.24) is 4.90 Å². The number of nitrogens with zero attached hydrogens (tertiary/aromatic N) is 1. The van der Waals surface area contributed by atoms with E-state index in [0.717, 1.165) is 32.4 Å². The number of hydrogen-bond donors (Lipinski definition) is 2. The van der Waals surface area contributed by atoms with Gasteiger partial charge in [0.1, 0.15) is 0 Å². The summed E-state index contributed by atoms with van der Waals surface area (Å²) >= 11 is 0. The van der Waals surface area contributed by atoms with Crippen molar-refractivity contribution in [2.24, 2.45) is 5.41 Å². The van der Waals surface area contributed by atoms with E-state index in [9.17, 15) is 15.0 Å². The molecule has 0 aromatic heterocycles. The van der Waals surface area contributed by atoms with Crippen LogP contribution in [0.25, 0.3) is 0 Å². The number of likely N-dealkylation sites (tertiary alicyclic amines) is 1. The normalized spacial score (nSPS) is 23.6. The van der Waals surface area contributed by atoms with Crippen LogP contribution < -0.4 is 0 Å². The third kappa shape index (κ3) is 3.69. The van der Waals surface area contributed by atoms with E-state index in [1.165, 1.54) is 0 Å². The number of β-amino-alcohol motifs (C(OH)–C–C–N with tert-alkyl or cyclic N) is 1. The molecule has 1 aliphatic rings. The topological polar surface area (TPSA) is 60.8 Å². The van der Waals surface area contributed by atoms with E-state index in [2.05, 4.69) is 4.90 Å². The first-order chi connectivity index (χ1) is 8.35. The van der Waals surface area contributed by atoms with Gasteiger partial charge in [0, 0.05) is 6.54 Å². The molecule has 0 radical (unpaired) electrons. The van der Waals surface area contributed by atoms with Crippen LogP contribution in [0, 0.1) is 5.41 Å².